The van der Waals surface area contributed by atoms with E-state index in [-0.39, 0.29) is 23.8 Å². The lowest BCUT2D eigenvalue weighted by molar-refractivity contribution is -0.138. The Morgan fingerprint density at radius 3 is 2.09 bits per heavy atom. The summed E-state index contributed by atoms with van der Waals surface area (Å²) in [6, 6.07) is 21.4. The fraction of sp³-hybridized carbons (Fsp3) is 0.160. The van der Waals surface area contributed by atoms with Gasteiger partial charge in [-0.3, -0.25) is 14.9 Å². The van der Waals surface area contributed by atoms with Gasteiger partial charge in [-0.25, -0.2) is 4.79 Å². The summed E-state index contributed by atoms with van der Waals surface area (Å²) in [7, 11) is 0. The molecule has 0 aromatic heterocycles. The van der Waals surface area contributed by atoms with Gasteiger partial charge in [0.2, 0.25) is 0 Å². The Kier molecular flexibility index (Phi) is 5.89. The molecule has 162 valence electrons. The van der Waals surface area contributed by atoms with Crippen LogP contribution < -0.4 is 10.6 Å². The molecule has 0 unspecified atom stereocenters. The number of nitrogens with one attached hydrogen (secondary N) is 2. The monoisotopic (exact) mass is 430 g/mol. The van der Waals surface area contributed by atoms with Gasteiger partial charge in [0, 0.05) is 5.92 Å². The zero-order valence-electron chi connectivity index (χ0n) is 17.4. The second-order valence-corrected chi connectivity index (χ2v) is 7.53. The molecule has 4 rings (SSSR count). The van der Waals surface area contributed by atoms with Crippen molar-refractivity contribution in [1.29, 1.82) is 0 Å². The van der Waals surface area contributed by atoms with E-state index in [9.17, 15) is 14.4 Å². The molecule has 0 aliphatic heterocycles. The first-order valence-corrected chi connectivity index (χ1v) is 10.2. The van der Waals surface area contributed by atoms with E-state index in [2.05, 4.69) is 22.8 Å². The second-order valence-electron chi connectivity index (χ2n) is 7.53. The van der Waals surface area contributed by atoms with E-state index < -0.39 is 24.0 Å². The molecule has 7 heteroatoms. The van der Waals surface area contributed by atoms with Crippen molar-refractivity contribution in [2.45, 2.75) is 18.9 Å². The van der Waals surface area contributed by atoms with Crippen molar-refractivity contribution < 1.29 is 24.2 Å². The maximum absolute atomic E-state index is 12.5. The van der Waals surface area contributed by atoms with Crippen molar-refractivity contribution in [3.8, 4) is 11.1 Å². The molecule has 32 heavy (non-hydrogen) atoms. The Hall–Kier alpha value is -4.13. The molecule has 0 saturated carbocycles. The largest absolute Gasteiger partial charge is 0.480 e. The Balaban J connectivity index is 1.46. The Morgan fingerprint density at radius 2 is 1.47 bits per heavy atom. The molecule has 0 spiro atoms. The molecule has 0 saturated heterocycles. The zero-order valence-corrected chi connectivity index (χ0v) is 17.4. The van der Waals surface area contributed by atoms with Gasteiger partial charge in [0.25, 0.3) is 5.91 Å². The number of hydrogen-bond acceptors (Lipinski definition) is 4. The van der Waals surface area contributed by atoms with E-state index >= 15 is 0 Å². The number of benzene rings is 3. The van der Waals surface area contributed by atoms with Crippen LogP contribution in [0.5, 0.6) is 0 Å². The van der Waals surface area contributed by atoms with Crippen LogP contribution in [0.4, 0.5) is 10.5 Å². The summed E-state index contributed by atoms with van der Waals surface area (Å²) in [6.07, 6.45) is -0.696. The number of amides is 2. The minimum atomic E-state index is -1.15. The van der Waals surface area contributed by atoms with E-state index in [4.69, 9.17) is 9.84 Å². The highest BCUT2D eigenvalue weighted by atomic mass is 16.5. The molecule has 2 amide bonds. The quantitative estimate of drug-likeness (QED) is 0.542. The number of ether oxygens (including phenoxy) is 1. The minimum absolute atomic E-state index is 0.0805. The molecule has 1 aliphatic carbocycles. The lowest BCUT2D eigenvalue weighted by atomic mass is 9.98. The fourth-order valence-electron chi connectivity index (χ4n) is 3.87. The number of carbonyl (C=O) groups excluding carboxylic acids is 2. The Labute approximate surface area is 185 Å². The summed E-state index contributed by atoms with van der Waals surface area (Å²) < 4.78 is 5.52. The summed E-state index contributed by atoms with van der Waals surface area (Å²) in [4.78, 5) is 36.0. The third-order valence-electron chi connectivity index (χ3n) is 5.47. The number of para-hydroxylation sites is 1. The van der Waals surface area contributed by atoms with Gasteiger partial charge in [0.1, 0.15) is 12.6 Å². The van der Waals surface area contributed by atoms with Crippen molar-refractivity contribution in [2.24, 2.45) is 0 Å². The van der Waals surface area contributed by atoms with Crippen molar-refractivity contribution in [2.75, 3.05) is 11.9 Å². The highest BCUT2D eigenvalue weighted by Crippen LogP contribution is 2.44. The van der Waals surface area contributed by atoms with Gasteiger partial charge in [-0.05, 0) is 41.3 Å². The fourth-order valence-corrected chi connectivity index (χ4v) is 3.87. The van der Waals surface area contributed by atoms with E-state index in [1.807, 2.05) is 36.4 Å². The second kappa shape index (κ2) is 8.93. The SMILES string of the molecule is C[C@H](NC(=O)c1ccccc1NC(=O)OCC1c2ccccc2-c2ccccc21)C(=O)O. The number of anilines is 1. The summed E-state index contributed by atoms with van der Waals surface area (Å²) in [6.45, 7) is 1.51. The lowest BCUT2D eigenvalue weighted by Gasteiger charge is -2.16. The van der Waals surface area contributed by atoms with Crippen molar-refractivity contribution in [3.05, 3.63) is 89.5 Å². The molecule has 1 atom stereocenters. The van der Waals surface area contributed by atoms with Crippen LogP contribution in [0.2, 0.25) is 0 Å². The van der Waals surface area contributed by atoms with Crippen LogP contribution >= 0.6 is 0 Å². The molecule has 3 aromatic carbocycles. The molecule has 7 nitrogen and oxygen atoms in total. The number of fused-ring (bicyclic) bond motifs is 3. The number of carboxylic acids is 1. The molecule has 3 aromatic rings. The molecule has 0 heterocycles. The number of hydrogen-bond donors (Lipinski definition) is 3. The maximum Gasteiger partial charge on any atom is 0.411 e. The topological polar surface area (TPSA) is 105 Å². The van der Waals surface area contributed by atoms with E-state index in [0.717, 1.165) is 22.3 Å². The average Bonchev–Trinajstić information content (AvgIpc) is 3.11. The molecule has 0 bridgehead atoms. The van der Waals surface area contributed by atoms with Gasteiger partial charge in [-0.2, -0.15) is 0 Å². The van der Waals surface area contributed by atoms with Gasteiger partial charge in [0.05, 0.1) is 11.3 Å². The van der Waals surface area contributed by atoms with Gasteiger partial charge in [-0.1, -0.05) is 60.7 Å². The highest BCUT2D eigenvalue weighted by molar-refractivity contribution is 6.03. The van der Waals surface area contributed by atoms with E-state index in [1.165, 1.54) is 13.0 Å². The van der Waals surface area contributed by atoms with Crippen molar-refractivity contribution in [3.63, 3.8) is 0 Å². The maximum atomic E-state index is 12.5. The first-order valence-electron chi connectivity index (χ1n) is 10.2. The Bertz CT molecular complexity index is 1140. The van der Waals surface area contributed by atoms with Crippen LogP contribution in [0.1, 0.15) is 34.3 Å². The van der Waals surface area contributed by atoms with E-state index in [0.29, 0.717) is 0 Å². The molecular formula is C25H22N2O5. The van der Waals surface area contributed by atoms with Crippen LogP contribution in [-0.4, -0.2) is 35.7 Å². The number of rotatable bonds is 6. The summed E-state index contributed by atoms with van der Waals surface area (Å²) in [5.41, 5.74) is 4.85. The first-order chi connectivity index (χ1) is 15.5. The van der Waals surface area contributed by atoms with Crippen LogP contribution in [0.15, 0.2) is 72.8 Å². The average molecular weight is 430 g/mol. The molecule has 1 aliphatic rings. The number of carbonyl (C=O) groups is 3. The standard InChI is InChI=1S/C25H22N2O5/c1-15(24(29)30)26-23(28)20-12-6-7-13-22(20)27-25(31)32-14-21-18-10-4-2-8-16(18)17-9-3-5-11-19(17)21/h2-13,15,21H,14H2,1H3,(H,26,28)(H,27,31)(H,29,30)/t15-/m0/s1. The zero-order chi connectivity index (χ0) is 22.7. The van der Waals surface area contributed by atoms with Crippen LogP contribution in [-0.2, 0) is 9.53 Å². The third-order valence-corrected chi connectivity index (χ3v) is 5.47. The van der Waals surface area contributed by atoms with Crippen LogP contribution in [0, 0.1) is 0 Å². The van der Waals surface area contributed by atoms with Crippen molar-refractivity contribution in [1.82, 2.24) is 5.32 Å². The molecule has 0 radical (unpaired) electrons. The summed E-state index contributed by atoms with van der Waals surface area (Å²) in [5, 5.41) is 14.0. The van der Waals surface area contributed by atoms with E-state index in [1.54, 1.807) is 18.2 Å². The Morgan fingerprint density at radius 1 is 0.906 bits per heavy atom. The molecular weight excluding hydrogens is 408 g/mol. The predicted octanol–water partition coefficient (Wildman–Crippen LogP) is 4.25. The third kappa shape index (κ3) is 4.18. The minimum Gasteiger partial charge on any atom is -0.480 e. The van der Waals surface area contributed by atoms with Gasteiger partial charge >= 0.3 is 12.1 Å². The number of aliphatic carboxylic acids is 1. The van der Waals surface area contributed by atoms with Gasteiger partial charge in [0.15, 0.2) is 0 Å². The highest BCUT2D eigenvalue weighted by Gasteiger charge is 2.29. The predicted molar refractivity (Wildman–Crippen MR) is 120 cm³/mol. The van der Waals surface area contributed by atoms with Crippen molar-refractivity contribution >= 4 is 23.7 Å². The van der Waals surface area contributed by atoms with Gasteiger partial charge in [-0.15, -0.1) is 0 Å². The first kappa shape index (κ1) is 21.1. The van der Waals surface area contributed by atoms with Crippen LogP contribution in [0.25, 0.3) is 11.1 Å². The smallest absolute Gasteiger partial charge is 0.411 e. The van der Waals surface area contributed by atoms with Gasteiger partial charge < -0.3 is 15.2 Å². The molecule has 0 fully saturated rings. The summed E-state index contributed by atoms with van der Waals surface area (Å²) >= 11 is 0. The van der Waals surface area contributed by atoms with Crippen LogP contribution in [0.3, 0.4) is 0 Å². The summed E-state index contributed by atoms with van der Waals surface area (Å²) in [5.74, 6) is -1.84. The lowest BCUT2D eigenvalue weighted by Crippen LogP contribution is -2.38. The molecule has 3 N–H and O–H groups in total. The number of carboxylic acid groups (broad SMARTS) is 1. The normalized spacial score (nSPS) is 12.9.